The van der Waals surface area contributed by atoms with E-state index in [1.54, 1.807) is 0 Å². The van der Waals surface area contributed by atoms with Crippen molar-refractivity contribution in [2.24, 2.45) is 0 Å². The fourth-order valence-electron chi connectivity index (χ4n) is 2.35. The van der Waals surface area contributed by atoms with Gasteiger partial charge in [-0.05, 0) is 23.4 Å². The van der Waals surface area contributed by atoms with Crippen molar-refractivity contribution in [3.05, 3.63) is 47.5 Å². The zero-order valence-corrected chi connectivity index (χ0v) is 9.52. The second-order valence-electron chi connectivity index (χ2n) is 4.17. The second kappa shape index (κ2) is 4.22. The number of ether oxygens (including phenoxy) is 1. The Balaban J connectivity index is 2.22. The number of aliphatic hydroxyl groups is 1. The average molecular weight is 226 g/mol. The molecule has 2 aromatic rings. The van der Waals surface area contributed by atoms with E-state index in [-0.39, 0.29) is 6.61 Å². The number of hydrogen-bond donors (Lipinski definition) is 1. The quantitative estimate of drug-likeness (QED) is 0.872. The second-order valence-corrected chi connectivity index (χ2v) is 4.17. The molecule has 0 spiro atoms. The summed E-state index contributed by atoms with van der Waals surface area (Å²) in [5.74, 6) is 0.928. The maximum atomic E-state index is 8.91. The van der Waals surface area contributed by atoms with E-state index in [1.807, 2.05) is 12.1 Å². The summed E-state index contributed by atoms with van der Waals surface area (Å²) in [5.41, 5.74) is 2.47. The van der Waals surface area contributed by atoms with Crippen LogP contribution in [0.1, 0.15) is 11.1 Å². The molecule has 0 bridgehead atoms. The van der Waals surface area contributed by atoms with Crippen LogP contribution in [-0.4, -0.2) is 18.3 Å². The number of hydrogen-bond acceptors (Lipinski definition) is 2. The fourth-order valence-corrected chi connectivity index (χ4v) is 2.35. The highest BCUT2D eigenvalue weighted by atomic mass is 16.5. The summed E-state index contributed by atoms with van der Waals surface area (Å²) in [6, 6.07) is 10.4. The summed E-state index contributed by atoms with van der Waals surface area (Å²) in [7, 11) is 0. The minimum atomic E-state index is 0.0470. The largest absolute Gasteiger partial charge is 0.490 e. The van der Waals surface area contributed by atoms with E-state index in [4.69, 9.17) is 9.84 Å². The number of allylic oxidation sites excluding steroid dienone is 1. The van der Waals surface area contributed by atoms with Crippen molar-refractivity contribution >= 4 is 16.8 Å². The molecular formula is C15H14O2. The summed E-state index contributed by atoms with van der Waals surface area (Å²) in [5, 5.41) is 11.2. The third kappa shape index (κ3) is 1.71. The Hall–Kier alpha value is -1.80. The number of fused-ring (bicyclic) bond motifs is 2. The van der Waals surface area contributed by atoms with Crippen molar-refractivity contribution in [3.63, 3.8) is 0 Å². The predicted octanol–water partition coefficient (Wildman–Crippen LogP) is 2.78. The molecule has 0 fully saturated rings. The van der Waals surface area contributed by atoms with Crippen molar-refractivity contribution < 1.29 is 9.84 Å². The minimum absolute atomic E-state index is 0.0470. The molecule has 2 aromatic carbocycles. The van der Waals surface area contributed by atoms with Crippen molar-refractivity contribution in [3.8, 4) is 5.75 Å². The minimum Gasteiger partial charge on any atom is -0.490 e. The first-order valence-corrected chi connectivity index (χ1v) is 5.85. The molecule has 2 heteroatoms. The predicted molar refractivity (Wildman–Crippen MR) is 69.3 cm³/mol. The van der Waals surface area contributed by atoms with Crippen LogP contribution in [0.4, 0.5) is 0 Å². The molecule has 2 nitrogen and oxygen atoms in total. The van der Waals surface area contributed by atoms with Crippen LogP contribution in [0.5, 0.6) is 5.75 Å². The first-order valence-electron chi connectivity index (χ1n) is 5.85. The Morgan fingerprint density at radius 1 is 1.24 bits per heavy atom. The first-order chi connectivity index (χ1) is 8.40. The summed E-state index contributed by atoms with van der Waals surface area (Å²) in [6.45, 7) is 0.395. The first kappa shape index (κ1) is 10.4. The maximum absolute atomic E-state index is 8.91. The SMILES string of the molecule is OCCOc1c2c(cc3ccccc13)C=CC2. The van der Waals surface area contributed by atoms with Crippen LogP contribution in [0.25, 0.3) is 16.8 Å². The van der Waals surface area contributed by atoms with Crippen molar-refractivity contribution in [2.75, 3.05) is 13.2 Å². The molecule has 17 heavy (non-hydrogen) atoms. The monoisotopic (exact) mass is 226 g/mol. The molecule has 1 N–H and O–H groups in total. The van der Waals surface area contributed by atoms with Crippen LogP contribution in [0.15, 0.2) is 36.4 Å². The van der Waals surface area contributed by atoms with Gasteiger partial charge in [-0.25, -0.2) is 0 Å². The van der Waals surface area contributed by atoms with Gasteiger partial charge in [-0.3, -0.25) is 0 Å². The molecule has 3 rings (SSSR count). The van der Waals surface area contributed by atoms with Crippen LogP contribution in [0.3, 0.4) is 0 Å². The van der Waals surface area contributed by atoms with E-state index in [0.29, 0.717) is 6.61 Å². The molecule has 0 saturated carbocycles. The van der Waals surface area contributed by atoms with Crippen LogP contribution in [0.2, 0.25) is 0 Å². The van der Waals surface area contributed by atoms with E-state index in [0.717, 1.165) is 17.6 Å². The van der Waals surface area contributed by atoms with Gasteiger partial charge >= 0.3 is 0 Å². The Morgan fingerprint density at radius 3 is 3.00 bits per heavy atom. The average Bonchev–Trinajstić information content (AvgIpc) is 2.82. The molecular weight excluding hydrogens is 212 g/mol. The standard InChI is InChI=1S/C15H14O2/c16-8-9-17-15-13-6-2-1-4-11(13)10-12-5-3-7-14(12)15/h1-6,10,16H,7-9H2. The van der Waals surface area contributed by atoms with Crippen molar-refractivity contribution in [1.29, 1.82) is 0 Å². The van der Waals surface area contributed by atoms with E-state index in [1.165, 1.54) is 16.5 Å². The van der Waals surface area contributed by atoms with Gasteiger partial charge in [-0.2, -0.15) is 0 Å². The van der Waals surface area contributed by atoms with Gasteiger partial charge in [0.25, 0.3) is 0 Å². The van der Waals surface area contributed by atoms with Gasteiger partial charge in [-0.15, -0.1) is 0 Å². The van der Waals surface area contributed by atoms with Crippen molar-refractivity contribution in [2.45, 2.75) is 6.42 Å². The van der Waals surface area contributed by atoms with E-state index in [2.05, 4.69) is 30.4 Å². The zero-order chi connectivity index (χ0) is 11.7. The molecule has 0 aromatic heterocycles. The Kier molecular flexibility index (Phi) is 2.57. The third-order valence-electron chi connectivity index (χ3n) is 3.10. The van der Waals surface area contributed by atoms with Crippen LogP contribution in [0, 0.1) is 0 Å². The molecule has 0 amide bonds. The molecule has 86 valence electrons. The number of rotatable bonds is 3. The summed E-state index contributed by atoms with van der Waals surface area (Å²) in [6.07, 6.45) is 5.20. The Morgan fingerprint density at radius 2 is 2.12 bits per heavy atom. The molecule has 0 aliphatic heterocycles. The van der Waals surface area contributed by atoms with E-state index >= 15 is 0 Å². The van der Waals surface area contributed by atoms with Gasteiger partial charge in [0.15, 0.2) is 0 Å². The highest BCUT2D eigenvalue weighted by Crippen LogP contribution is 2.36. The summed E-state index contributed by atoms with van der Waals surface area (Å²) in [4.78, 5) is 0. The highest BCUT2D eigenvalue weighted by Gasteiger charge is 2.15. The molecule has 0 heterocycles. The van der Waals surface area contributed by atoms with Gasteiger partial charge in [0.1, 0.15) is 12.4 Å². The van der Waals surface area contributed by atoms with Crippen molar-refractivity contribution in [1.82, 2.24) is 0 Å². The molecule has 0 atom stereocenters. The summed E-state index contributed by atoms with van der Waals surface area (Å²) < 4.78 is 5.72. The lowest BCUT2D eigenvalue weighted by Gasteiger charge is -2.13. The van der Waals surface area contributed by atoms with Gasteiger partial charge in [-0.1, -0.05) is 36.4 Å². The Labute approximate surface area is 100 Å². The lowest BCUT2D eigenvalue weighted by atomic mass is 10.0. The molecule has 1 aliphatic carbocycles. The van der Waals surface area contributed by atoms with E-state index in [9.17, 15) is 0 Å². The fraction of sp³-hybridized carbons (Fsp3) is 0.200. The zero-order valence-electron chi connectivity index (χ0n) is 9.52. The lowest BCUT2D eigenvalue weighted by Crippen LogP contribution is -2.04. The van der Waals surface area contributed by atoms with Gasteiger partial charge < -0.3 is 9.84 Å². The van der Waals surface area contributed by atoms with Crippen LogP contribution >= 0.6 is 0 Å². The third-order valence-corrected chi connectivity index (χ3v) is 3.10. The van der Waals surface area contributed by atoms with Crippen LogP contribution in [-0.2, 0) is 6.42 Å². The van der Waals surface area contributed by atoms with Crippen LogP contribution < -0.4 is 4.74 Å². The maximum Gasteiger partial charge on any atom is 0.131 e. The lowest BCUT2D eigenvalue weighted by molar-refractivity contribution is 0.202. The number of benzene rings is 2. The van der Waals surface area contributed by atoms with E-state index < -0.39 is 0 Å². The van der Waals surface area contributed by atoms with Gasteiger partial charge in [0, 0.05) is 10.9 Å². The molecule has 0 unspecified atom stereocenters. The molecule has 0 radical (unpaired) electrons. The normalized spacial score (nSPS) is 13.0. The van der Waals surface area contributed by atoms with Gasteiger partial charge in [0.2, 0.25) is 0 Å². The smallest absolute Gasteiger partial charge is 0.131 e. The Bertz CT molecular complexity index is 585. The number of aliphatic hydroxyl groups excluding tert-OH is 1. The molecule has 1 aliphatic rings. The summed E-state index contributed by atoms with van der Waals surface area (Å²) >= 11 is 0. The van der Waals surface area contributed by atoms with Gasteiger partial charge in [0.05, 0.1) is 6.61 Å². The molecule has 0 saturated heterocycles. The topological polar surface area (TPSA) is 29.5 Å². The highest BCUT2D eigenvalue weighted by molar-refractivity contribution is 5.93.